The molecular formula is C28H30O12. The van der Waals surface area contributed by atoms with E-state index in [0.29, 0.717) is 0 Å². The van der Waals surface area contributed by atoms with E-state index in [1.165, 1.54) is 0 Å². The Morgan fingerprint density at radius 3 is 2.55 bits per heavy atom. The predicted molar refractivity (Wildman–Crippen MR) is 124 cm³/mol. The van der Waals surface area contributed by atoms with Crippen molar-refractivity contribution in [2.75, 3.05) is 6.61 Å². The van der Waals surface area contributed by atoms with Gasteiger partial charge in [-0.25, -0.2) is 14.6 Å². The third kappa shape index (κ3) is 1.96. The first-order valence-corrected chi connectivity index (χ1v) is 14.1. The second-order valence-corrected chi connectivity index (χ2v) is 14.0. The number of fused-ring (bicyclic) bond motifs is 4. The smallest absolute Gasteiger partial charge is 0.342 e. The number of carbonyl (C=O) groups is 4. The van der Waals surface area contributed by atoms with E-state index in [4.69, 9.17) is 28.7 Å². The number of hydrogen-bond acceptors (Lipinski definition) is 12. The Morgan fingerprint density at radius 2 is 1.82 bits per heavy atom. The number of Topliss-reactive ketones (excluding diaryl/α,β-unsaturated/α-hetero) is 2. The van der Waals surface area contributed by atoms with Crippen LogP contribution in [0.5, 0.6) is 0 Å². The van der Waals surface area contributed by atoms with Crippen molar-refractivity contribution in [2.45, 2.75) is 93.0 Å². The summed E-state index contributed by atoms with van der Waals surface area (Å²) in [5, 5.41) is 24.1. The van der Waals surface area contributed by atoms with Crippen LogP contribution in [0.15, 0.2) is 12.2 Å². The maximum absolute atomic E-state index is 15.0. The van der Waals surface area contributed by atoms with Crippen LogP contribution in [0.4, 0.5) is 0 Å². The molecular weight excluding hydrogens is 528 g/mol. The van der Waals surface area contributed by atoms with E-state index in [1.54, 1.807) is 32.9 Å². The molecule has 0 aromatic carbocycles. The highest BCUT2D eigenvalue weighted by molar-refractivity contribution is 6.00. The van der Waals surface area contributed by atoms with Gasteiger partial charge < -0.3 is 29.2 Å². The minimum atomic E-state index is -2.30. The predicted octanol–water partition coefficient (Wildman–Crippen LogP) is -0.329. The van der Waals surface area contributed by atoms with Crippen molar-refractivity contribution in [3.05, 3.63) is 12.2 Å². The van der Waals surface area contributed by atoms with Crippen molar-refractivity contribution in [1.82, 2.24) is 0 Å². The third-order valence-corrected chi connectivity index (χ3v) is 12.9. The molecule has 0 amide bonds. The first-order chi connectivity index (χ1) is 18.8. The first kappa shape index (κ1) is 24.4. The third-order valence-electron chi connectivity index (χ3n) is 12.9. The van der Waals surface area contributed by atoms with Crippen molar-refractivity contribution < 1.29 is 58.1 Å². The van der Waals surface area contributed by atoms with Crippen LogP contribution in [0.25, 0.3) is 0 Å². The minimum absolute atomic E-state index is 0.0559. The van der Waals surface area contributed by atoms with E-state index < -0.39 is 98.7 Å². The molecule has 40 heavy (non-hydrogen) atoms. The summed E-state index contributed by atoms with van der Waals surface area (Å²) >= 11 is 0. The standard InChI is InChI=1S/C28H30O12/c1-22-9-16-24(3)28-17(22)19(31)27(39-28,35-10-13(22)20(32)36-16)12-8-15(29)26-7-5-14(38-40-26)18(30)23(26,2)11(12)4-6-25(28,34)21(33)37-24/h5,7,11-17,29,34H,4,6,8-10H2,1-3H3/t11-,12+,13-,14+,15+,16+,17-,22+,23-,24-,25+,26+,27+,28-/m0/s1. The Bertz CT molecular complexity index is 1390. The van der Waals surface area contributed by atoms with Crippen molar-refractivity contribution in [2.24, 2.45) is 34.5 Å². The highest BCUT2D eigenvalue weighted by Gasteiger charge is 2.93. The van der Waals surface area contributed by atoms with Gasteiger partial charge >= 0.3 is 11.9 Å². The van der Waals surface area contributed by atoms with Gasteiger partial charge in [0.2, 0.25) is 5.79 Å². The Balaban J connectivity index is 1.33. The Morgan fingerprint density at radius 1 is 1.05 bits per heavy atom. The van der Waals surface area contributed by atoms with Gasteiger partial charge in [0, 0.05) is 5.92 Å². The average Bonchev–Trinajstić information content (AvgIpc) is 3.23. The van der Waals surface area contributed by atoms with E-state index in [9.17, 15) is 29.4 Å². The number of esters is 2. The maximum atomic E-state index is 15.0. The Labute approximate surface area is 228 Å². The fourth-order valence-corrected chi connectivity index (χ4v) is 10.9. The van der Waals surface area contributed by atoms with Crippen molar-refractivity contribution in [3.63, 3.8) is 0 Å². The molecule has 8 fully saturated rings. The molecule has 0 unspecified atom stereocenters. The van der Waals surface area contributed by atoms with E-state index >= 15 is 0 Å². The highest BCUT2D eigenvalue weighted by atomic mass is 17.2. The fraction of sp³-hybridized carbons (Fsp3) is 0.786. The molecule has 0 aromatic rings. The van der Waals surface area contributed by atoms with Gasteiger partial charge in [-0.2, -0.15) is 0 Å². The second kappa shape index (κ2) is 6.40. The van der Waals surface area contributed by atoms with Crippen molar-refractivity contribution in [1.29, 1.82) is 0 Å². The lowest BCUT2D eigenvalue weighted by Crippen LogP contribution is -2.80. The lowest BCUT2D eigenvalue weighted by Gasteiger charge is -2.65. The normalized spacial score (nSPS) is 63.7. The lowest BCUT2D eigenvalue weighted by atomic mass is 9.46. The van der Waals surface area contributed by atoms with Gasteiger partial charge in [0.05, 0.1) is 30.0 Å². The lowest BCUT2D eigenvalue weighted by molar-refractivity contribution is -0.441. The molecule has 2 saturated carbocycles. The molecule has 10 rings (SSSR count). The van der Waals surface area contributed by atoms with E-state index in [1.807, 2.05) is 0 Å². The highest BCUT2D eigenvalue weighted by Crippen LogP contribution is 2.75. The minimum Gasteiger partial charge on any atom is -0.458 e. The molecule has 10 aliphatic rings. The summed E-state index contributed by atoms with van der Waals surface area (Å²) in [5.41, 5.74) is -9.90. The van der Waals surface area contributed by atoms with E-state index in [-0.39, 0.29) is 38.1 Å². The number of aliphatic hydroxyl groups excluding tert-OH is 1. The van der Waals surface area contributed by atoms with Crippen LogP contribution in [-0.4, -0.2) is 86.8 Å². The molecule has 6 saturated heterocycles. The van der Waals surface area contributed by atoms with Crippen LogP contribution in [0, 0.1) is 34.5 Å². The molecule has 7 aliphatic heterocycles. The first-order valence-electron chi connectivity index (χ1n) is 14.1. The molecule has 3 spiro atoms. The molecule has 7 heterocycles. The quantitative estimate of drug-likeness (QED) is 0.226. The summed E-state index contributed by atoms with van der Waals surface area (Å²) in [5.74, 6) is -8.03. The summed E-state index contributed by atoms with van der Waals surface area (Å²) in [4.78, 5) is 67.1. The van der Waals surface area contributed by atoms with Crippen LogP contribution in [0.1, 0.15) is 46.5 Å². The molecule has 7 bridgehead atoms. The van der Waals surface area contributed by atoms with Crippen LogP contribution in [0.2, 0.25) is 0 Å². The van der Waals surface area contributed by atoms with Crippen molar-refractivity contribution >= 4 is 23.5 Å². The molecule has 14 atom stereocenters. The molecule has 2 N–H and O–H groups in total. The van der Waals surface area contributed by atoms with E-state index in [2.05, 4.69) is 0 Å². The average molecular weight is 559 g/mol. The molecule has 214 valence electrons. The molecule has 0 radical (unpaired) electrons. The number of carbonyl (C=O) groups excluding carboxylic acids is 4. The largest absolute Gasteiger partial charge is 0.458 e. The second-order valence-electron chi connectivity index (χ2n) is 14.0. The topological polar surface area (TPSA) is 164 Å². The molecule has 0 aromatic heterocycles. The summed E-state index contributed by atoms with van der Waals surface area (Å²) in [6, 6.07) is 0. The summed E-state index contributed by atoms with van der Waals surface area (Å²) in [6.07, 6.45) is 0.0468. The summed E-state index contributed by atoms with van der Waals surface area (Å²) < 4.78 is 25.1. The fourth-order valence-electron chi connectivity index (χ4n) is 10.9. The van der Waals surface area contributed by atoms with Gasteiger partial charge in [-0.1, -0.05) is 6.92 Å². The number of hydrogen-bond donors (Lipinski definition) is 2. The van der Waals surface area contributed by atoms with Gasteiger partial charge in [0.1, 0.15) is 6.10 Å². The molecule has 3 aliphatic carbocycles. The number of aliphatic hydroxyl groups is 2. The van der Waals surface area contributed by atoms with Gasteiger partial charge in [-0.15, -0.1) is 0 Å². The number of rotatable bonds is 0. The van der Waals surface area contributed by atoms with Crippen LogP contribution in [0.3, 0.4) is 0 Å². The zero-order valence-electron chi connectivity index (χ0n) is 22.2. The zero-order valence-corrected chi connectivity index (χ0v) is 22.2. The maximum Gasteiger partial charge on any atom is 0.342 e. The monoisotopic (exact) mass is 558 g/mol. The van der Waals surface area contributed by atoms with Crippen LogP contribution in [-0.2, 0) is 47.9 Å². The number of ketones is 2. The van der Waals surface area contributed by atoms with Crippen LogP contribution < -0.4 is 0 Å². The number of ether oxygens (including phenoxy) is 4. The Hall–Kier alpha value is -2.22. The van der Waals surface area contributed by atoms with Gasteiger partial charge in [-0.3, -0.25) is 14.4 Å². The van der Waals surface area contributed by atoms with Gasteiger partial charge in [0.15, 0.2) is 40.1 Å². The SMILES string of the molecule is C[C@@]12C[C@H]3OC(=O)[C@@H]1CO[C@]14O[C@]5([C@H]2C1=O)[C@@](O)(CC[C@H]1[C@H]4C[C@@H](O)[C@@]24C=C[C@@H](OO2)C(=O)[C@]14C)C(=O)O[C@@]35C. The van der Waals surface area contributed by atoms with E-state index in [0.717, 1.165) is 0 Å². The van der Waals surface area contributed by atoms with Crippen molar-refractivity contribution in [3.8, 4) is 0 Å². The molecule has 12 heteroatoms. The Kier molecular flexibility index (Phi) is 3.90. The molecule has 12 nitrogen and oxygen atoms in total. The van der Waals surface area contributed by atoms with Crippen LogP contribution >= 0.6 is 0 Å². The van der Waals surface area contributed by atoms with Gasteiger partial charge in [-0.05, 0) is 63.0 Å². The summed E-state index contributed by atoms with van der Waals surface area (Å²) in [6.45, 7) is 4.84. The summed E-state index contributed by atoms with van der Waals surface area (Å²) in [7, 11) is 0. The zero-order chi connectivity index (χ0) is 28.0. The van der Waals surface area contributed by atoms with Gasteiger partial charge in [0.25, 0.3) is 0 Å².